The zero-order valence-corrected chi connectivity index (χ0v) is 23.8. The SMILES string of the molecule is c1ccc(-c2ccc(N(c3ccc4ccc5c6ccccc6ccc5c4c3)c3cccc4oc5cnccc5c34)cc2)cc1. The number of aromatic nitrogens is 1. The second kappa shape index (κ2) is 9.82. The van der Waals surface area contributed by atoms with Crippen molar-refractivity contribution in [1.82, 2.24) is 4.98 Å². The fraction of sp³-hybridized carbons (Fsp3) is 0. The molecular formula is C41H26N2O. The Morgan fingerprint density at radius 3 is 2.02 bits per heavy atom. The minimum atomic E-state index is 0.783. The molecule has 0 amide bonds. The minimum Gasteiger partial charge on any atom is -0.454 e. The summed E-state index contributed by atoms with van der Waals surface area (Å²) in [7, 11) is 0. The van der Waals surface area contributed by atoms with Crippen molar-refractivity contribution < 1.29 is 4.42 Å². The van der Waals surface area contributed by atoms with Gasteiger partial charge in [0, 0.05) is 23.0 Å². The van der Waals surface area contributed by atoms with Crippen LogP contribution >= 0.6 is 0 Å². The molecule has 0 bridgehead atoms. The Morgan fingerprint density at radius 2 is 1.16 bits per heavy atom. The summed E-state index contributed by atoms with van der Waals surface area (Å²) in [6, 6.07) is 52.1. The van der Waals surface area contributed by atoms with E-state index in [2.05, 4.69) is 143 Å². The maximum absolute atomic E-state index is 6.27. The molecule has 44 heavy (non-hydrogen) atoms. The lowest BCUT2D eigenvalue weighted by Crippen LogP contribution is -2.10. The van der Waals surface area contributed by atoms with E-state index in [1.54, 1.807) is 6.20 Å². The maximum Gasteiger partial charge on any atom is 0.153 e. The van der Waals surface area contributed by atoms with Crippen LogP contribution in [0.25, 0.3) is 65.4 Å². The highest BCUT2D eigenvalue weighted by molar-refractivity contribution is 6.18. The summed E-state index contributed by atoms with van der Waals surface area (Å²) in [5, 5.41) is 9.61. The van der Waals surface area contributed by atoms with Crippen molar-refractivity contribution >= 4 is 71.3 Å². The van der Waals surface area contributed by atoms with Gasteiger partial charge < -0.3 is 9.32 Å². The first-order valence-electron chi connectivity index (χ1n) is 14.9. The number of nitrogens with zero attached hydrogens (tertiary/aromatic N) is 2. The van der Waals surface area contributed by atoms with Gasteiger partial charge in [0.05, 0.1) is 17.3 Å². The highest BCUT2D eigenvalue weighted by Crippen LogP contribution is 2.44. The van der Waals surface area contributed by atoms with Crippen molar-refractivity contribution in [3.05, 3.63) is 158 Å². The number of anilines is 3. The third kappa shape index (κ3) is 3.87. The molecule has 0 atom stereocenters. The molecule has 0 fully saturated rings. The number of hydrogen-bond acceptors (Lipinski definition) is 3. The van der Waals surface area contributed by atoms with Crippen LogP contribution in [-0.4, -0.2) is 4.98 Å². The van der Waals surface area contributed by atoms with E-state index in [1.807, 2.05) is 18.3 Å². The molecule has 0 radical (unpaired) electrons. The summed E-state index contributed by atoms with van der Waals surface area (Å²) in [6.45, 7) is 0. The zero-order chi connectivity index (χ0) is 29.0. The van der Waals surface area contributed by atoms with E-state index in [-0.39, 0.29) is 0 Å². The van der Waals surface area contributed by atoms with E-state index in [9.17, 15) is 0 Å². The molecule has 3 nitrogen and oxygen atoms in total. The number of benzene rings is 7. The van der Waals surface area contributed by atoms with Crippen molar-refractivity contribution in [1.29, 1.82) is 0 Å². The number of rotatable bonds is 4. The number of furan rings is 1. The van der Waals surface area contributed by atoms with Crippen molar-refractivity contribution in [3.8, 4) is 11.1 Å². The fourth-order valence-corrected chi connectivity index (χ4v) is 6.65. The predicted octanol–water partition coefficient (Wildman–Crippen LogP) is 11.6. The van der Waals surface area contributed by atoms with E-state index < -0.39 is 0 Å². The van der Waals surface area contributed by atoms with Gasteiger partial charge in [-0.15, -0.1) is 0 Å². The monoisotopic (exact) mass is 562 g/mol. The minimum absolute atomic E-state index is 0.783. The second-order valence-electron chi connectivity index (χ2n) is 11.2. The first-order valence-corrected chi connectivity index (χ1v) is 14.9. The Labute approximate surface area is 254 Å². The molecule has 0 unspecified atom stereocenters. The number of pyridine rings is 1. The zero-order valence-electron chi connectivity index (χ0n) is 23.8. The molecule has 0 aliphatic rings. The normalized spacial score (nSPS) is 11.6. The van der Waals surface area contributed by atoms with Gasteiger partial charge in [-0.2, -0.15) is 0 Å². The van der Waals surface area contributed by atoms with Crippen LogP contribution in [0.5, 0.6) is 0 Å². The highest BCUT2D eigenvalue weighted by atomic mass is 16.3. The van der Waals surface area contributed by atoms with Crippen LogP contribution in [0.1, 0.15) is 0 Å². The van der Waals surface area contributed by atoms with Crippen LogP contribution in [0, 0.1) is 0 Å². The summed E-state index contributed by atoms with van der Waals surface area (Å²) in [5.41, 5.74) is 7.23. The van der Waals surface area contributed by atoms with E-state index in [0.717, 1.165) is 39.0 Å². The molecule has 2 aromatic heterocycles. The Bertz CT molecular complexity index is 2490. The third-order valence-corrected chi connectivity index (χ3v) is 8.74. The Hall–Kier alpha value is -5.93. The first-order chi connectivity index (χ1) is 21.8. The quantitative estimate of drug-likeness (QED) is 0.200. The van der Waals surface area contributed by atoms with Crippen molar-refractivity contribution in [2.24, 2.45) is 0 Å². The first kappa shape index (κ1) is 24.6. The summed E-state index contributed by atoms with van der Waals surface area (Å²) in [6.07, 6.45) is 3.63. The Kier molecular flexibility index (Phi) is 5.50. The molecule has 0 spiro atoms. The van der Waals surface area contributed by atoms with Crippen LogP contribution in [0.3, 0.4) is 0 Å². The van der Waals surface area contributed by atoms with E-state index >= 15 is 0 Å². The van der Waals surface area contributed by atoms with Crippen molar-refractivity contribution in [2.75, 3.05) is 4.90 Å². The number of hydrogen-bond donors (Lipinski definition) is 0. The lowest BCUT2D eigenvalue weighted by Gasteiger charge is -2.27. The largest absolute Gasteiger partial charge is 0.454 e. The molecule has 0 aliphatic carbocycles. The molecule has 2 heterocycles. The standard InChI is InChI=1S/C41H26N2O/c1-2-7-27(8-3-1)28-13-18-31(19-14-28)43(38-11-6-12-39-41(38)36-23-24-42-26-40(36)44-39)32-20-15-30-17-21-34-33-10-5-4-9-29(33)16-22-35(34)37(30)25-32/h1-26H. The van der Waals surface area contributed by atoms with Gasteiger partial charge in [0.2, 0.25) is 0 Å². The van der Waals surface area contributed by atoms with Gasteiger partial charge in [-0.05, 0) is 85.9 Å². The van der Waals surface area contributed by atoms with E-state index in [0.29, 0.717) is 0 Å². The Balaban J connectivity index is 1.30. The molecule has 9 aromatic rings. The molecule has 0 N–H and O–H groups in total. The van der Waals surface area contributed by atoms with Crippen molar-refractivity contribution in [3.63, 3.8) is 0 Å². The summed E-state index contributed by atoms with van der Waals surface area (Å²) in [5.74, 6) is 0. The van der Waals surface area contributed by atoms with E-state index in [1.165, 1.54) is 43.4 Å². The molecule has 0 aliphatic heterocycles. The van der Waals surface area contributed by atoms with Crippen LogP contribution in [0.2, 0.25) is 0 Å². The van der Waals surface area contributed by atoms with Gasteiger partial charge >= 0.3 is 0 Å². The maximum atomic E-state index is 6.27. The summed E-state index contributed by atoms with van der Waals surface area (Å²) in [4.78, 5) is 6.67. The summed E-state index contributed by atoms with van der Waals surface area (Å²) >= 11 is 0. The smallest absolute Gasteiger partial charge is 0.153 e. The molecule has 0 saturated carbocycles. The summed E-state index contributed by atoms with van der Waals surface area (Å²) < 4.78 is 6.27. The molecular weight excluding hydrogens is 536 g/mol. The average molecular weight is 563 g/mol. The topological polar surface area (TPSA) is 29.3 Å². The van der Waals surface area contributed by atoms with Gasteiger partial charge in [-0.1, -0.05) is 103 Å². The molecule has 7 aromatic carbocycles. The molecule has 206 valence electrons. The fourth-order valence-electron chi connectivity index (χ4n) is 6.65. The van der Waals surface area contributed by atoms with Crippen LogP contribution < -0.4 is 4.90 Å². The highest BCUT2D eigenvalue weighted by Gasteiger charge is 2.20. The van der Waals surface area contributed by atoms with Gasteiger partial charge in [0.25, 0.3) is 0 Å². The van der Waals surface area contributed by atoms with Crippen molar-refractivity contribution in [2.45, 2.75) is 0 Å². The lowest BCUT2D eigenvalue weighted by molar-refractivity contribution is 0.667. The number of fused-ring (bicyclic) bond motifs is 8. The average Bonchev–Trinajstić information content (AvgIpc) is 3.48. The predicted molar refractivity (Wildman–Crippen MR) is 184 cm³/mol. The van der Waals surface area contributed by atoms with Crippen LogP contribution in [0.15, 0.2) is 162 Å². The second-order valence-corrected chi connectivity index (χ2v) is 11.2. The third-order valence-electron chi connectivity index (χ3n) is 8.74. The van der Waals surface area contributed by atoms with Gasteiger partial charge in [0.15, 0.2) is 5.58 Å². The molecule has 3 heteroatoms. The molecule has 0 saturated heterocycles. The van der Waals surface area contributed by atoms with Gasteiger partial charge in [-0.25, -0.2) is 0 Å². The molecule has 9 rings (SSSR count). The lowest BCUT2D eigenvalue weighted by atomic mass is 9.96. The van der Waals surface area contributed by atoms with Crippen LogP contribution in [0.4, 0.5) is 17.1 Å². The van der Waals surface area contributed by atoms with E-state index in [4.69, 9.17) is 4.42 Å². The van der Waals surface area contributed by atoms with Gasteiger partial charge in [0.1, 0.15) is 5.58 Å². The van der Waals surface area contributed by atoms with Crippen LogP contribution in [-0.2, 0) is 0 Å². The Morgan fingerprint density at radius 1 is 0.455 bits per heavy atom. The van der Waals surface area contributed by atoms with Gasteiger partial charge in [-0.3, -0.25) is 4.98 Å².